The lowest BCUT2D eigenvalue weighted by molar-refractivity contribution is -0.136. The van der Waals surface area contributed by atoms with Gasteiger partial charge in [-0.1, -0.05) is 13.3 Å². The van der Waals surface area contributed by atoms with Crippen molar-refractivity contribution in [2.75, 3.05) is 39.8 Å². The van der Waals surface area contributed by atoms with Gasteiger partial charge in [0.15, 0.2) is 0 Å². The van der Waals surface area contributed by atoms with E-state index in [-0.39, 0.29) is 5.92 Å². The van der Waals surface area contributed by atoms with Gasteiger partial charge in [0, 0.05) is 45.2 Å². The molecule has 3 aliphatic rings. The van der Waals surface area contributed by atoms with Crippen LogP contribution in [-0.4, -0.2) is 72.3 Å². The number of amides is 2. The molecule has 0 aromatic heterocycles. The maximum absolute atomic E-state index is 12.7. The Morgan fingerprint density at radius 2 is 1.72 bits per heavy atom. The predicted molar refractivity (Wildman–Crippen MR) is 99.2 cm³/mol. The van der Waals surface area contributed by atoms with Gasteiger partial charge in [0.2, 0.25) is 11.8 Å². The lowest BCUT2D eigenvalue weighted by Gasteiger charge is -2.42. The van der Waals surface area contributed by atoms with Crippen molar-refractivity contribution < 1.29 is 9.59 Å². The molecule has 5 nitrogen and oxygen atoms in total. The summed E-state index contributed by atoms with van der Waals surface area (Å²) in [5, 5.41) is 0. The van der Waals surface area contributed by atoms with E-state index in [0.29, 0.717) is 23.8 Å². The molecule has 1 unspecified atom stereocenters. The van der Waals surface area contributed by atoms with Crippen molar-refractivity contribution in [3.05, 3.63) is 0 Å². The molecule has 0 N–H and O–H groups in total. The Balaban J connectivity index is 1.46. The van der Waals surface area contributed by atoms with Crippen molar-refractivity contribution in [1.29, 1.82) is 0 Å². The Morgan fingerprint density at radius 3 is 2.36 bits per heavy atom. The molecule has 0 spiro atoms. The lowest BCUT2D eigenvalue weighted by Crippen LogP contribution is -2.51. The predicted octanol–water partition coefficient (Wildman–Crippen LogP) is 2.36. The fraction of sp³-hybridized carbons (Fsp3) is 0.900. The van der Waals surface area contributed by atoms with Crippen LogP contribution in [0.5, 0.6) is 0 Å². The summed E-state index contributed by atoms with van der Waals surface area (Å²) in [6, 6.07) is 0.555. The molecule has 0 radical (unpaired) electrons. The van der Waals surface area contributed by atoms with Gasteiger partial charge in [0.25, 0.3) is 0 Å². The highest BCUT2D eigenvalue weighted by Crippen LogP contribution is 2.32. The van der Waals surface area contributed by atoms with Crippen molar-refractivity contribution in [2.24, 2.45) is 11.8 Å². The number of carbonyl (C=O) groups is 2. The van der Waals surface area contributed by atoms with Crippen molar-refractivity contribution in [3.8, 4) is 0 Å². The van der Waals surface area contributed by atoms with E-state index in [4.69, 9.17) is 0 Å². The summed E-state index contributed by atoms with van der Waals surface area (Å²) in [5.41, 5.74) is 0. The van der Waals surface area contributed by atoms with Crippen molar-refractivity contribution >= 4 is 11.8 Å². The Hall–Kier alpha value is -1.10. The minimum Gasteiger partial charge on any atom is -0.345 e. The summed E-state index contributed by atoms with van der Waals surface area (Å²) in [6.07, 6.45) is 8.72. The Labute approximate surface area is 152 Å². The third-order valence-electron chi connectivity index (χ3n) is 6.24. The summed E-state index contributed by atoms with van der Waals surface area (Å²) < 4.78 is 0. The molecule has 1 saturated carbocycles. The van der Waals surface area contributed by atoms with Crippen LogP contribution < -0.4 is 0 Å². The van der Waals surface area contributed by atoms with Gasteiger partial charge in [-0.2, -0.15) is 0 Å². The van der Waals surface area contributed by atoms with Crippen LogP contribution in [0.25, 0.3) is 0 Å². The molecule has 1 atom stereocenters. The molecule has 0 bridgehead atoms. The van der Waals surface area contributed by atoms with Gasteiger partial charge in [0.05, 0.1) is 5.92 Å². The minimum absolute atomic E-state index is 0.168. The highest BCUT2D eigenvalue weighted by molar-refractivity contribution is 5.81. The molecule has 0 aromatic carbocycles. The molecule has 3 rings (SSSR count). The third-order valence-corrected chi connectivity index (χ3v) is 6.24. The summed E-state index contributed by atoms with van der Waals surface area (Å²) in [4.78, 5) is 31.5. The van der Waals surface area contributed by atoms with Gasteiger partial charge < -0.3 is 9.80 Å². The number of unbranched alkanes of at least 4 members (excludes halogenated alkanes) is 1. The number of hydrogen-bond acceptors (Lipinski definition) is 3. The summed E-state index contributed by atoms with van der Waals surface area (Å²) in [6.45, 7) is 6.89. The van der Waals surface area contributed by atoms with Gasteiger partial charge in [-0.15, -0.1) is 0 Å². The summed E-state index contributed by atoms with van der Waals surface area (Å²) in [7, 11) is 1.96. The van der Waals surface area contributed by atoms with Crippen LogP contribution in [0.4, 0.5) is 0 Å². The molecule has 142 valence electrons. The van der Waals surface area contributed by atoms with E-state index in [0.717, 1.165) is 84.1 Å². The highest BCUT2D eigenvalue weighted by Gasteiger charge is 2.37. The minimum atomic E-state index is 0.168. The largest absolute Gasteiger partial charge is 0.345 e. The third kappa shape index (κ3) is 4.75. The monoisotopic (exact) mass is 349 g/mol. The summed E-state index contributed by atoms with van der Waals surface area (Å²) in [5.74, 6) is 1.23. The Kier molecular flexibility index (Phi) is 6.37. The van der Waals surface area contributed by atoms with Crippen molar-refractivity contribution in [3.63, 3.8) is 0 Å². The van der Waals surface area contributed by atoms with E-state index in [1.165, 1.54) is 0 Å². The van der Waals surface area contributed by atoms with Gasteiger partial charge in [-0.05, 0) is 51.5 Å². The van der Waals surface area contributed by atoms with E-state index in [2.05, 4.69) is 16.7 Å². The zero-order chi connectivity index (χ0) is 17.8. The van der Waals surface area contributed by atoms with E-state index >= 15 is 0 Å². The van der Waals surface area contributed by atoms with E-state index in [1.54, 1.807) is 0 Å². The fourth-order valence-corrected chi connectivity index (χ4v) is 4.40. The molecule has 2 amide bonds. The van der Waals surface area contributed by atoms with Crippen LogP contribution >= 0.6 is 0 Å². The molecular weight excluding hydrogens is 314 g/mol. The standard InChI is InChI=1S/C20H35N3O2/c1-3-4-11-21(2)19(24)17-6-5-12-23(15-17)18-9-13-22(14-10-18)20(25)16-7-8-16/h16-18H,3-15H2,1-2H3. The van der Waals surface area contributed by atoms with Gasteiger partial charge in [-0.3, -0.25) is 14.5 Å². The first-order valence-electron chi connectivity index (χ1n) is 10.4. The van der Waals surface area contributed by atoms with Crippen LogP contribution in [0.15, 0.2) is 0 Å². The molecule has 2 aliphatic heterocycles. The second-order valence-corrected chi connectivity index (χ2v) is 8.28. The number of nitrogens with zero attached hydrogens (tertiary/aromatic N) is 3. The molecule has 25 heavy (non-hydrogen) atoms. The van der Waals surface area contributed by atoms with Crippen LogP contribution in [0.1, 0.15) is 58.3 Å². The lowest BCUT2D eigenvalue weighted by atomic mass is 9.92. The van der Waals surface area contributed by atoms with Crippen LogP contribution in [0.2, 0.25) is 0 Å². The second kappa shape index (κ2) is 8.52. The second-order valence-electron chi connectivity index (χ2n) is 8.28. The summed E-state index contributed by atoms with van der Waals surface area (Å²) >= 11 is 0. The fourth-order valence-electron chi connectivity index (χ4n) is 4.40. The number of hydrogen-bond donors (Lipinski definition) is 0. The van der Waals surface area contributed by atoms with Crippen molar-refractivity contribution in [1.82, 2.24) is 14.7 Å². The van der Waals surface area contributed by atoms with Crippen LogP contribution in [-0.2, 0) is 9.59 Å². The normalized spacial score (nSPS) is 25.8. The Morgan fingerprint density at radius 1 is 1.00 bits per heavy atom. The smallest absolute Gasteiger partial charge is 0.226 e. The van der Waals surface area contributed by atoms with Gasteiger partial charge >= 0.3 is 0 Å². The molecule has 0 aromatic rings. The molecular formula is C20H35N3O2. The topological polar surface area (TPSA) is 43.9 Å². The van der Waals surface area contributed by atoms with Gasteiger partial charge in [0.1, 0.15) is 0 Å². The number of rotatable bonds is 6. The molecule has 5 heteroatoms. The molecule has 2 heterocycles. The maximum atomic E-state index is 12.7. The molecule has 3 fully saturated rings. The Bertz CT molecular complexity index is 470. The zero-order valence-electron chi connectivity index (χ0n) is 16.1. The van der Waals surface area contributed by atoms with Gasteiger partial charge in [-0.25, -0.2) is 0 Å². The first-order chi connectivity index (χ1) is 12.1. The first kappa shape index (κ1) is 18.7. The highest BCUT2D eigenvalue weighted by atomic mass is 16.2. The first-order valence-corrected chi connectivity index (χ1v) is 10.4. The van der Waals surface area contributed by atoms with E-state index in [1.807, 2.05) is 11.9 Å². The molecule has 2 saturated heterocycles. The zero-order valence-corrected chi connectivity index (χ0v) is 16.1. The van der Waals surface area contributed by atoms with Crippen LogP contribution in [0.3, 0.4) is 0 Å². The number of piperidine rings is 2. The van der Waals surface area contributed by atoms with Crippen LogP contribution in [0, 0.1) is 11.8 Å². The number of carbonyl (C=O) groups excluding carboxylic acids is 2. The molecule has 1 aliphatic carbocycles. The average molecular weight is 350 g/mol. The maximum Gasteiger partial charge on any atom is 0.226 e. The van der Waals surface area contributed by atoms with Crippen molar-refractivity contribution in [2.45, 2.75) is 64.3 Å². The van der Waals surface area contributed by atoms with E-state index < -0.39 is 0 Å². The number of likely N-dealkylation sites (tertiary alicyclic amines) is 2. The van der Waals surface area contributed by atoms with E-state index in [9.17, 15) is 9.59 Å². The quantitative estimate of drug-likeness (QED) is 0.739. The SMILES string of the molecule is CCCCN(C)C(=O)C1CCCN(C2CCN(C(=O)C3CC3)CC2)C1. The average Bonchev–Trinajstić information content (AvgIpc) is 3.50.